The molecule has 0 aliphatic carbocycles. The molecule has 2 N–H and O–H groups in total. The van der Waals surface area contributed by atoms with Crippen LogP contribution in [0.2, 0.25) is 0 Å². The highest BCUT2D eigenvalue weighted by molar-refractivity contribution is 5.89. The van der Waals surface area contributed by atoms with E-state index in [1.54, 1.807) is 0 Å². The summed E-state index contributed by atoms with van der Waals surface area (Å²) >= 11 is 0. The van der Waals surface area contributed by atoms with Gasteiger partial charge in [0.15, 0.2) is 0 Å². The van der Waals surface area contributed by atoms with Crippen LogP contribution in [0.15, 0.2) is 23.2 Å². The number of nitrogens with zero attached hydrogens (tertiary/aromatic N) is 2. The number of morpholine rings is 1. The van der Waals surface area contributed by atoms with Crippen molar-refractivity contribution in [1.29, 1.82) is 0 Å². The van der Waals surface area contributed by atoms with Gasteiger partial charge in [-0.15, -0.1) is 0 Å². The fourth-order valence-electron chi connectivity index (χ4n) is 2.04. The van der Waals surface area contributed by atoms with E-state index >= 15 is 0 Å². The van der Waals surface area contributed by atoms with Gasteiger partial charge in [0.05, 0.1) is 13.2 Å². The summed E-state index contributed by atoms with van der Waals surface area (Å²) in [5.74, 6) is 1.77. The number of nitrogens with two attached hydrogens (primary N) is 1. The molecule has 2 heterocycles. The molecule has 0 spiro atoms. The van der Waals surface area contributed by atoms with E-state index in [2.05, 4.69) is 9.89 Å². The van der Waals surface area contributed by atoms with E-state index in [-0.39, 0.29) is 0 Å². The van der Waals surface area contributed by atoms with Crippen molar-refractivity contribution in [2.45, 2.75) is 0 Å². The Morgan fingerprint density at radius 1 is 1.24 bits per heavy atom. The number of fused-ring (bicyclic) bond motifs is 1. The Bertz CT molecular complexity index is 453. The molecule has 90 valence electrons. The monoisotopic (exact) mass is 233 g/mol. The number of amidine groups is 1. The predicted molar refractivity (Wildman–Crippen MR) is 65.8 cm³/mol. The molecular weight excluding hydrogens is 218 g/mol. The third-order valence-electron chi connectivity index (χ3n) is 2.97. The van der Waals surface area contributed by atoms with Gasteiger partial charge in [-0.3, -0.25) is 0 Å². The number of rotatable bonds is 0. The predicted octanol–water partition coefficient (Wildman–Crippen LogP) is 1.02. The Morgan fingerprint density at radius 2 is 2.06 bits per heavy atom. The fraction of sp³-hybridized carbons (Fsp3) is 0.417. The smallest absolute Gasteiger partial charge is 0.146 e. The minimum absolute atomic E-state index is 0.525. The summed E-state index contributed by atoms with van der Waals surface area (Å²) in [6.45, 7) is 3.78. The first-order valence-electron chi connectivity index (χ1n) is 5.75. The Labute approximate surface area is 99.8 Å². The number of nitrogen functional groups attached to an aromatic ring is 1. The van der Waals surface area contributed by atoms with E-state index in [0.717, 1.165) is 43.6 Å². The highest BCUT2D eigenvalue weighted by atomic mass is 16.5. The van der Waals surface area contributed by atoms with E-state index in [1.807, 2.05) is 18.2 Å². The first kappa shape index (κ1) is 10.4. The van der Waals surface area contributed by atoms with Crippen LogP contribution in [0.25, 0.3) is 0 Å². The maximum atomic E-state index is 5.75. The first-order chi connectivity index (χ1) is 8.33. The molecule has 0 unspecified atom stereocenters. The Hall–Kier alpha value is -1.75. The molecule has 0 radical (unpaired) electrons. The van der Waals surface area contributed by atoms with Crippen molar-refractivity contribution >= 4 is 17.2 Å². The lowest BCUT2D eigenvalue weighted by Crippen LogP contribution is -2.43. The largest absolute Gasteiger partial charge is 0.483 e. The number of hydrogen-bond acceptors (Lipinski definition) is 5. The standard InChI is InChI=1S/C12H15N3O2/c13-9-1-2-11-10(7-9)14-12(8-17-11)15-3-5-16-6-4-15/h1-2,7H,3-6,8,13H2. The molecule has 0 aromatic heterocycles. The second-order valence-electron chi connectivity index (χ2n) is 4.14. The van der Waals surface area contributed by atoms with Gasteiger partial charge in [-0.1, -0.05) is 0 Å². The lowest BCUT2D eigenvalue weighted by atomic mass is 10.2. The van der Waals surface area contributed by atoms with Crippen LogP contribution < -0.4 is 10.5 Å². The van der Waals surface area contributed by atoms with E-state index in [1.165, 1.54) is 0 Å². The number of benzene rings is 1. The Kier molecular flexibility index (Phi) is 2.60. The molecule has 0 atom stereocenters. The third-order valence-corrected chi connectivity index (χ3v) is 2.97. The van der Waals surface area contributed by atoms with Crippen molar-refractivity contribution in [2.75, 3.05) is 38.6 Å². The molecule has 3 rings (SSSR count). The average molecular weight is 233 g/mol. The molecule has 0 saturated carbocycles. The average Bonchev–Trinajstić information content (AvgIpc) is 2.39. The van der Waals surface area contributed by atoms with Crippen LogP contribution in [0.1, 0.15) is 0 Å². The van der Waals surface area contributed by atoms with Crippen molar-refractivity contribution in [3.63, 3.8) is 0 Å². The molecule has 5 nitrogen and oxygen atoms in total. The molecule has 17 heavy (non-hydrogen) atoms. The zero-order chi connectivity index (χ0) is 11.7. The molecule has 1 fully saturated rings. The molecule has 1 aromatic carbocycles. The van der Waals surface area contributed by atoms with Crippen LogP contribution in [-0.2, 0) is 4.74 Å². The summed E-state index contributed by atoms with van der Waals surface area (Å²) in [7, 11) is 0. The van der Waals surface area contributed by atoms with Gasteiger partial charge in [-0.25, -0.2) is 4.99 Å². The second kappa shape index (κ2) is 4.25. The van der Waals surface area contributed by atoms with Gasteiger partial charge >= 0.3 is 0 Å². The molecule has 0 amide bonds. The quantitative estimate of drug-likeness (QED) is 0.680. The fourth-order valence-corrected chi connectivity index (χ4v) is 2.04. The van der Waals surface area contributed by atoms with Crippen LogP contribution in [0.5, 0.6) is 5.75 Å². The zero-order valence-electron chi connectivity index (χ0n) is 9.56. The normalized spacial score (nSPS) is 19.3. The van der Waals surface area contributed by atoms with E-state index in [0.29, 0.717) is 12.3 Å². The summed E-state index contributed by atoms with van der Waals surface area (Å²) in [6.07, 6.45) is 0. The summed E-state index contributed by atoms with van der Waals surface area (Å²) in [4.78, 5) is 6.82. The van der Waals surface area contributed by atoms with Crippen molar-refractivity contribution in [3.8, 4) is 5.75 Å². The SMILES string of the molecule is Nc1ccc2c(c1)N=C(N1CCOCC1)CO2. The number of anilines is 1. The van der Waals surface area contributed by atoms with Crippen LogP contribution in [0.4, 0.5) is 11.4 Å². The minimum Gasteiger partial charge on any atom is -0.483 e. The van der Waals surface area contributed by atoms with Gasteiger partial charge < -0.3 is 20.1 Å². The van der Waals surface area contributed by atoms with Crippen LogP contribution in [-0.4, -0.2) is 43.6 Å². The van der Waals surface area contributed by atoms with Crippen LogP contribution in [0.3, 0.4) is 0 Å². The van der Waals surface area contributed by atoms with Crippen molar-refractivity contribution in [2.24, 2.45) is 4.99 Å². The van der Waals surface area contributed by atoms with E-state index < -0.39 is 0 Å². The third kappa shape index (κ3) is 2.06. The van der Waals surface area contributed by atoms with Crippen LogP contribution in [0, 0.1) is 0 Å². The van der Waals surface area contributed by atoms with Crippen molar-refractivity contribution in [3.05, 3.63) is 18.2 Å². The molecule has 1 saturated heterocycles. The highest BCUT2D eigenvalue weighted by Gasteiger charge is 2.20. The maximum absolute atomic E-state index is 5.75. The van der Waals surface area contributed by atoms with Crippen LogP contribution >= 0.6 is 0 Å². The lowest BCUT2D eigenvalue weighted by molar-refractivity contribution is 0.0658. The van der Waals surface area contributed by atoms with Crippen molar-refractivity contribution < 1.29 is 9.47 Å². The molecule has 2 aliphatic heterocycles. The Morgan fingerprint density at radius 3 is 2.88 bits per heavy atom. The number of aliphatic imine (C=N–C) groups is 1. The summed E-state index contributed by atoms with van der Waals surface area (Å²) < 4.78 is 11.0. The first-order valence-corrected chi connectivity index (χ1v) is 5.75. The molecule has 1 aromatic rings. The molecule has 5 heteroatoms. The summed E-state index contributed by atoms with van der Waals surface area (Å²) in [6, 6.07) is 5.54. The highest BCUT2D eigenvalue weighted by Crippen LogP contribution is 2.32. The maximum Gasteiger partial charge on any atom is 0.146 e. The molecule has 2 aliphatic rings. The summed E-state index contributed by atoms with van der Waals surface area (Å²) in [5.41, 5.74) is 7.27. The Balaban J connectivity index is 1.87. The van der Waals surface area contributed by atoms with Crippen molar-refractivity contribution in [1.82, 2.24) is 4.90 Å². The summed E-state index contributed by atoms with van der Waals surface area (Å²) in [5, 5.41) is 0. The van der Waals surface area contributed by atoms with Gasteiger partial charge in [0.2, 0.25) is 0 Å². The molecule has 0 bridgehead atoms. The second-order valence-corrected chi connectivity index (χ2v) is 4.14. The van der Waals surface area contributed by atoms with Gasteiger partial charge in [-0.2, -0.15) is 0 Å². The van der Waals surface area contributed by atoms with Gasteiger partial charge in [0.25, 0.3) is 0 Å². The van der Waals surface area contributed by atoms with Gasteiger partial charge in [0, 0.05) is 18.8 Å². The lowest BCUT2D eigenvalue weighted by Gasteiger charge is -2.31. The topological polar surface area (TPSA) is 60.1 Å². The van der Waals surface area contributed by atoms with Gasteiger partial charge in [-0.05, 0) is 18.2 Å². The van der Waals surface area contributed by atoms with Gasteiger partial charge in [0.1, 0.15) is 23.9 Å². The zero-order valence-corrected chi connectivity index (χ0v) is 9.56. The number of ether oxygens (including phenoxy) is 2. The molecular formula is C12H15N3O2. The van der Waals surface area contributed by atoms with E-state index in [4.69, 9.17) is 15.2 Å². The minimum atomic E-state index is 0.525. The van der Waals surface area contributed by atoms with E-state index in [9.17, 15) is 0 Å². The number of hydrogen-bond donors (Lipinski definition) is 1.